The van der Waals surface area contributed by atoms with Crippen molar-refractivity contribution in [1.29, 1.82) is 0 Å². The highest BCUT2D eigenvalue weighted by atomic mass is 16.2. The molecule has 0 aliphatic carbocycles. The summed E-state index contributed by atoms with van der Waals surface area (Å²) in [6.45, 7) is 5.06. The standard InChI is InChI=1S/C13H21N3O/c1-4-10(2)9-16(3)13(17)11-5-7-12(15-14)8-6-11/h5-8,10,15H,4,9,14H2,1-3H3. The van der Waals surface area contributed by atoms with Crippen molar-refractivity contribution < 1.29 is 4.79 Å². The zero-order chi connectivity index (χ0) is 12.8. The van der Waals surface area contributed by atoms with Gasteiger partial charge in [-0.1, -0.05) is 20.3 Å². The van der Waals surface area contributed by atoms with Gasteiger partial charge in [-0.25, -0.2) is 0 Å². The molecular formula is C13H21N3O. The lowest BCUT2D eigenvalue weighted by Gasteiger charge is -2.20. The van der Waals surface area contributed by atoms with Crippen molar-refractivity contribution in [2.45, 2.75) is 20.3 Å². The lowest BCUT2D eigenvalue weighted by Crippen LogP contribution is -2.30. The average molecular weight is 235 g/mol. The third-order valence-electron chi connectivity index (χ3n) is 2.93. The van der Waals surface area contributed by atoms with Gasteiger partial charge in [0, 0.05) is 24.8 Å². The molecule has 1 rings (SSSR count). The van der Waals surface area contributed by atoms with E-state index >= 15 is 0 Å². The van der Waals surface area contributed by atoms with Gasteiger partial charge >= 0.3 is 0 Å². The largest absolute Gasteiger partial charge is 0.341 e. The first-order chi connectivity index (χ1) is 8.08. The molecule has 1 aromatic rings. The summed E-state index contributed by atoms with van der Waals surface area (Å²) >= 11 is 0. The van der Waals surface area contributed by atoms with Crippen LogP contribution in [0.2, 0.25) is 0 Å². The van der Waals surface area contributed by atoms with Gasteiger partial charge in [-0.15, -0.1) is 0 Å². The number of nitrogens with two attached hydrogens (primary N) is 1. The third kappa shape index (κ3) is 3.75. The molecule has 1 amide bonds. The van der Waals surface area contributed by atoms with E-state index < -0.39 is 0 Å². The van der Waals surface area contributed by atoms with Gasteiger partial charge in [-0.2, -0.15) is 0 Å². The van der Waals surface area contributed by atoms with Crippen molar-refractivity contribution in [3.8, 4) is 0 Å². The van der Waals surface area contributed by atoms with Crippen molar-refractivity contribution in [2.75, 3.05) is 19.0 Å². The first-order valence-corrected chi connectivity index (χ1v) is 5.90. The number of rotatable bonds is 5. The number of nitrogens with one attached hydrogen (secondary N) is 1. The molecule has 17 heavy (non-hydrogen) atoms. The Kier molecular flexibility index (Phi) is 4.97. The topological polar surface area (TPSA) is 58.4 Å². The highest BCUT2D eigenvalue weighted by molar-refractivity contribution is 5.94. The van der Waals surface area contributed by atoms with Crippen molar-refractivity contribution in [3.63, 3.8) is 0 Å². The minimum atomic E-state index is 0.0499. The van der Waals surface area contributed by atoms with E-state index in [-0.39, 0.29) is 5.91 Å². The molecular weight excluding hydrogens is 214 g/mol. The molecule has 1 aromatic carbocycles. The van der Waals surface area contributed by atoms with Crippen molar-refractivity contribution in [1.82, 2.24) is 4.90 Å². The van der Waals surface area contributed by atoms with E-state index in [1.165, 1.54) is 0 Å². The fourth-order valence-corrected chi connectivity index (χ4v) is 1.61. The summed E-state index contributed by atoms with van der Waals surface area (Å²) in [6, 6.07) is 7.16. The van der Waals surface area contributed by atoms with Gasteiger partial charge in [0.05, 0.1) is 0 Å². The summed E-state index contributed by atoms with van der Waals surface area (Å²) in [5, 5.41) is 0. The quantitative estimate of drug-likeness (QED) is 0.607. The van der Waals surface area contributed by atoms with E-state index in [2.05, 4.69) is 19.3 Å². The smallest absolute Gasteiger partial charge is 0.253 e. The van der Waals surface area contributed by atoms with E-state index in [0.717, 1.165) is 18.7 Å². The Balaban J connectivity index is 2.67. The van der Waals surface area contributed by atoms with Gasteiger partial charge in [0.1, 0.15) is 0 Å². The Morgan fingerprint density at radius 3 is 2.47 bits per heavy atom. The molecule has 94 valence electrons. The summed E-state index contributed by atoms with van der Waals surface area (Å²) in [7, 11) is 1.84. The van der Waals surface area contributed by atoms with Crippen LogP contribution in [-0.4, -0.2) is 24.4 Å². The zero-order valence-electron chi connectivity index (χ0n) is 10.7. The van der Waals surface area contributed by atoms with Crippen LogP contribution >= 0.6 is 0 Å². The highest BCUT2D eigenvalue weighted by Gasteiger charge is 2.13. The fraction of sp³-hybridized carbons (Fsp3) is 0.462. The summed E-state index contributed by atoms with van der Waals surface area (Å²) in [4.78, 5) is 13.8. The second kappa shape index (κ2) is 6.25. The number of benzene rings is 1. The number of hydrogen-bond acceptors (Lipinski definition) is 3. The summed E-state index contributed by atoms with van der Waals surface area (Å²) in [6.07, 6.45) is 1.08. The van der Waals surface area contributed by atoms with Crippen LogP contribution < -0.4 is 11.3 Å². The molecule has 0 fully saturated rings. The maximum absolute atomic E-state index is 12.1. The first-order valence-electron chi connectivity index (χ1n) is 5.90. The molecule has 0 bridgehead atoms. The molecule has 0 aliphatic rings. The Bertz CT molecular complexity index is 361. The van der Waals surface area contributed by atoms with Crippen LogP contribution in [0.15, 0.2) is 24.3 Å². The molecule has 0 heterocycles. The van der Waals surface area contributed by atoms with Crippen LogP contribution in [0.4, 0.5) is 5.69 Å². The van der Waals surface area contributed by atoms with Gasteiger partial charge in [0.2, 0.25) is 0 Å². The Morgan fingerprint density at radius 2 is 2.00 bits per heavy atom. The van der Waals surface area contributed by atoms with E-state index in [4.69, 9.17) is 5.84 Å². The molecule has 0 saturated carbocycles. The second-order valence-corrected chi connectivity index (χ2v) is 4.42. The molecule has 0 spiro atoms. The van der Waals surface area contributed by atoms with Crippen LogP contribution in [0.25, 0.3) is 0 Å². The van der Waals surface area contributed by atoms with Crippen molar-refractivity contribution >= 4 is 11.6 Å². The minimum absolute atomic E-state index is 0.0499. The SMILES string of the molecule is CCC(C)CN(C)C(=O)c1ccc(NN)cc1. The number of amides is 1. The molecule has 0 aliphatic heterocycles. The van der Waals surface area contributed by atoms with Gasteiger partial charge in [0.15, 0.2) is 0 Å². The molecule has 1 atom stereocenters. The van der Waals surface area contributed by atoms with Crippen LogP contribution in [0.1, 0.15) is 30.6 Å². The summed E-state index contributed by atoms with van der Waals surface area (Å²) in [5.41, 5.74) is 4.03. The number of anilines is 1. The molecule has 4 heteroatoms. The van der Waals surface area contributed by atoms with E-state index in [1.54, 1.807) is 29.2 Å². The third-order valence-corrected chi connectivity index (χ3v) is 2.93. The van der Waals surface area contributed by atoms with Crippen LogP contribution in [-0.2, 0) is 0 Å². The lowest BCUT2D eigenvalue weighted by molar-refractivity contribution is 0.0775. The van der Waals surface area contributed by atoms with Gasteiger partial charge in [0.25, 0.3) is 5.91 Å². The fourth-order valence-electron chi connectivity index (χ4n) is 1.61. The molecule has 0 saturated heterocycles. The average Bonchev–Trinajstić information content (AvgIpc) is 2.37. The molecule has 1 unspecified atom stereocenters. The van der Waals surface area contributed by atoms with Crippen LogP contribution in [0.5, 0.6) is 0 Å². The van der Waals surface area contributed by atoms with Gasteiger partial charge < -0.3 is 10.3 Å². The lowest BCUT2D eigenvalue weighted by atomic mass is 10.1. The second-order valence-electron chi connectivity index (χ2n) is 4.42. The summed E-state index contributed by atoms with van der Waals surface area (Å²) < 4.78 is 0. The molecule has 3 N–H and O–H groups in total. The first kappa shape index (κ1) is 13.5. The van der Waals surface area contributed by atoms with E-state index in [1.807, 2.05) is 7.05 Å². The zero-order valence-corrected chi connectivity index (χ0v) is 10.7. The number of nitrogen functional groups attached to an aromatic ring is 1. The normalized spacial score (nSPS) is 12.0. The number of hydrogen-bond donors (Lipinski definition) is 2. The van der Waals surface area contributed by atoms with Gasteiger partial charge in [-0.3, -0.25) is 10.6 Å². The number of hydrazine groups is 1. The molecule has 4 nitrogen and oxygen atoms in total. The van der Waals surface area contributed by atoms with Crippen LogP contribution in [0.3, 0.4) is 0 Å². The highest BCUT2D eigenvalue weighted by Crippen LogP contribution is 2.11. The maximum atomic E-state index is 12.1. The number of carbonyl (C=O) groups is 1. The molecule has 0 aromatic heterocycles. The molecule has 0 radical (unpaired) electrons. The minimum Gasteiger partial charge on any atom is -0.341 e. The monoisotopic (exact) mass is 235 g/mol. The van der Waals surface area contributed by atoms with Crippen molar-refractivity contribution in [2.24, 2.45) is 11.8 Å². The van der Waals surface area contributed by atoms with Gasteiger partial charge in [-0.05, 0) is 30.2 Å². The predicted octanol–water partition coefficient (Wildman–Crippen LogP) is 2.09. The number of nitrogens with zero attached hydrogens (tertiary/aromatic N) is 1. The number of carbonyl (C=O) groups excluding carboxylic acids is 1. The predicted molar refractivity (Wildman–Crippen MR) is 70.7 cm³/mol. The summed E-state index contributed by atoms with van der Waals surface area (Å²) in [5.74, 6) is 5.85. The Hall–Kier alpha value is -1.55. The van der Waals surface area contributed by atoms with Crippen molar-refractivity contribution in [3.05, 3.63) is 29.8 Å². The van der Waals surface area contributed by atoms with Crippen LogP contribution in [0, 0.1) is 5.92 Å². The Morgan fingerprint density at radius 1 is 1.41 bits per heavy atom. The van der Waals surface area contributed by atoms with E-state index in [0.29, 0.717) is 11.5 Å². The van der Waals surface area contributed by atoms with E-state index in [9.17, 15) is 4.79 Å². The maximum Gasteiger partial charge on any atom is 0.253 e. The Labute approximate surface area is 103 Å².